The normalized spacial score (nSPS) is 10.2. The van der Waals surface area contributed by atoms with Crippen molar-refractivity contribution in [1.82, 2.24) is 0 Å². The van der Waals surface area contributed by atoms with E-state index in [1.54, 1.807) is 24.5 Å². The van der Waals surface area contributed by atoms with Crippen molar-refractivity contribution in [2.24, 2.45) is 0 Å². The van der Waals surface area contributed by atoms with Crippen LogP contribution in [0.3, 0.4) is 0 Å². The fourth-order valence-electron chi connectivity index (χ4n) is 1.67. The first-order valence-corrected chi connectivity index (χ1v) is 8.42. The van der Waals surface area contributed by atoms with Gasteiger partial charge in [0.05, 0.1) is 0 Å². The van der Waals surface area contributed by atoms with Crippen molar-refractivity contribution in [1.29, 1.82) is 0 Å². The zero-order valence-electron chi connectivity index (χ0n) is 15.8. The van der Waals surface area contributed by atoms with E-state index in [4.69, 9.17) is 5.21 Å². The molecule has 132 valence electrons. The summed E-state index contributed by atoms with van der Waals surface area (Å²) in [5.74, 6) is 0. The molecule has 0 saturated carbocycles. The molecule has 0 fully saturated rings. The van der Waals surface area contributed by atoms with Gasteiger partial charge in [0.1, 0.15) is 0 Å². The van der Waals surface area contributed by atoms with Gasteiger partial charge in [-0.3, -0.25) is 5.21 Å². The van der Waals surface area contributed by atoms with Crippen LogP contribution in [0.1, 0.15) is 37.5 Å². The molecular formula is C23H30NO+. The first-order valence-electron chi connectivity index (χ1n) is 8.42. The summed E-state index contributed by atoms with van der Waals surface area (Å²) in [6.45, 7) is 15.1. The van der Waals surface area contributed by atoms with Gasteiger partial charge in [0.25, 0.3) is 0 Å². The van der Waals surface area contributed by atoms with Gasteiger partial charge in [0.2, 0.25) is 12.4 Å². The molecule has 0 saturated heterocycles. The number of pyridine rings is 1. The summed E-state index contributed by atoms with van der Waals surface area (Å²) < 4.78 is 1.03. The number of allylic oxidation sites excluding steroid dienone is 4. The first kappa shape index (κ1) is 22.1. The number of hydrogen-bond acceptors (Lipinski definition) is 1. The molecule has 1 aromatic carbocycles. The Morgan fingerprint density at radius 3 is 1.80 bits per heavy atom. The third-order valence-corrected chi connectivity index (χ3v) is 3.09. The molecule has 0 aliphatic carbocycles. The Balaban J connectivity index is 0.000000544. The van der Waals surface area contributed by atoms with Crippen molar-refractivity contribution >= 4 is 12.2 Å². The van der Waals surface area contributed by atoms with Gasteiger partial charge in [0.15, 0.2) is 0 Å². The topological polar surface area (TPSA) is 24.1 Å². The molecule has 1 aromatic heterocycles. The highest BCUT2D eigenvalue weighted by Crippen LogP contribution is 2.08. The smallest absolute Gasteiger partial charge is 0.222 e. The summed E-state index contributed by atoms with van der Waals surface area (Å²) in [6, 6.07) is 12.1. The maximum atomic E-state index is 9.07. The monoisotopic (exact) mass is 336 g/mol. The van der Waals surface area contributed by atoms with Gasteiger partial charge in [-0.2, -0.15) is 0 Å². The SMILES string of the molecule is C=C/C=C(/C)C=C.CC.Cc1ccc(/C=C/c2cc[n+](O)cc2)cc1. The Bertz CT molecular complexity index is 630. The Hall–Kier alpha value is -2.87. The van der Waals surface area contributed by atoms with Gasteiger partial charge in [-0.1, -0.05) is 92.8 Å². The quantitative estimate of drug-likeness (QED) is 0.412. The second-order valence-electron chi connectivity index (χ2n) is 5.11. The standard InChI is InChI=1S/C14H14NO.C7H10.C2H6/c1-12-2-4-13(5-3-12)6-7-14-8-10-15(16)11-9-14;1-4-6-7(3)5-2;1-2/h2-11,16H,1H3;4-6H,1-2H2,3H3;1-2H3/q+1;;/b7-6+;7-6-;. The lowest BCUT2D eigenvalue weighted by molar-refractivity contribution is -0.904. The Morgan fingerprint density at radius 2 is 1.40 bits per heavy atom. The minimum atomic E-state index is 1.03. The van der Waals surface area contributed by atoms with Crippen molar-refractivity contribution in [3.8, 4) is 0 Å². The number of aryl methyl sites for hydroxylation is 1. The summed E-state index contributed by atoms with van der Waals surface area (Å²) in [5.41, 5.74) is 4.64. The van der Waals surface area contributed by atoms with E-state index in [0.29, 0.717) is 0 Å². The van der Waals surface area contributed by atoms with E-state index in [9.17, 15) is 0 Å². The summed E-state index contributed by atoms with van der Waals surface area (Å²) in [5, 5.41) is 9.07. The number of rotatable bonds is 4. The largest absolute Gasteiger partial charge is 0.285 e. The number of nitrogens with zero attached hydrogens (tertiary/aromatic N) is 1. The number of hydrogen-bond donors (Lipinski definition) is 1. The molecule has 2 nitrogen and oxygen atoms in total. The third-order valence-electron chi connectivity index (χ3n) is 3.09. The van der Waals surface area contributed by atoms with E-state index in [0.717, 1.165) is 15.9 Å². The molecular weight excluding hydrogens is 306 g/mol. The zero-order valence-corrected chi connectivity index (χ0v) is 15.8. The van der Waals surface area contributed by atoms with Crippen LogP contribution in [0.4, 0.5) is 0 Å². The molecule has 0 spiro atoms. The van der Waals surface area contributed by atoms with Gasteiger partial charge in [0, 0.05) is 16.9 Å². The third kappa shape index (κ3) is 10.5. The maximum absolute atomic E-state index is 9.07. The minimum absolute atomic E-state index is 1.03. The van der Waals surface area contributed by atoms with Crippen LogP contribution in [0.25, 0.3) is 12.2 Å². The van der Waals surface area contributed by atoms with Crippen LogP contribution in [0.15, 0.2) is 85.8 Å². The molecule has 2 rings (SSSR count). The highest BCUT2D eigenvalue weighted by Gasteiger charge is 1.93. The van der Waals surface area contributed by atoms with E-state index in [1.807, 2.05) is 45.1 Å². The Morgan fingerprint density at radius 1 is 0.920 bits per heavy atom. The van der Waals surface area contributed by atoms with Crippen LogP contribution in [-0.2, 0) is 0 Å². The highest BCUT2D eigenvalue weighted by atomic mass is 16.5. The van der Waals surface area contributed by atoms with Gasteiger partial charge in [-0.25, -0.2) is 0 Å². The van der Waals surface area contributed by atoms with Gasteiger partial charge in [-0.15, -0.1) is 0 Å². The van der Waals surface area contributed by atoms with E-state index < -0.39 is 0 Å². The molecule has 0 unspecified atom stereocenters. The summed E-state index contributed by atoms with van der Waals surface area (Å²) >= 11 is 0. The minimum Gasteiger partial charge on any atom is -0.285 e. The van der Waals surface area contributed by atoms with Gasteiger partial charge >= 0.3 is 0 Å². The molecule has 0 amide bonds. The lowest BCUT2D eigenvalue weighted by Gasteiger charge is -1.94. The Labute approximate surface area is 152 Å². The molecule has 1 heterocycles. The molecule has 0 bridgehead atoms. The van der Waals surface area contributed by atoms with E-state index in [-0.39, 0.29) is 0 Å². The van der Waals surface area contributed by atoms with Crippen LogP contribution >= 0.6 is 0 Å². The second-order valence-corrected chi connectivity index (χ2v) is 5.11. The fraction of sp³-hybridized carbons (Fsp3) is 0.174. The maximum Gasteiger partial charge on any atom is 0.222 e. The van der Waals surface area contributed by atoms with E-state index in [2.05, 4.69) is 50.4 Å². The predicted molar refractivity (Wildman–Crippen MR) is 109 cm³/mol. The number of benzene rings is 1. The van der Waals surface area contributed by atoms with E-state index in [1.165, 1.54) is 11.1 Å². The van der Waals surface area contributed by atoms with Crippen molar-refractivity contribution in [2.75, 3.05) is 0 Å². The first-order chi connectivity index (χ1) is 12.0. The van der Waals surface area contributed by atoms with Crippen molar-refractivity contribution in [3.05, 3.63) is 102 Å². The summed E-state index contributed by atoms with van der Waals surface area (Å²) in [6.07, 6.45) is 12.7. The lowest BCUT2D eigenvalue weighted by Crippen LogP contribution is -2.27. The molecule has 0 aliphatic rings. The molecule has 0 radical (unpaired) electrons. The average molecular weight is 336 g/mol. The van der Waals surface area contributed by atoms with E-state index >= 15 is 0 Å². The fourth-order valence-corrected chi connectivity index (χ4v) is 1.67. The van der Waals surface area contributed by atoms with Crippen molar-refractivity contribution in [3.63, 3.8) is 0 Å². The molecule has 0 aliphatic heterocycles. The zero-order chi connectivity index (χ0) is 19.1. The predicted octanol–water partition coefficient (Wildman–Crippen LogP) is 6.02. The molecule has 1 N–H and O–H groups in total. The van der Waals surface area contributed by atoms with Crippen molar-refractivity contribution < 1.29 is 9.94 Å². The Kier molecular flexibility index (Phi) is 12.0. The number of aromatic nitrogens is 1. The summed E-state index contributed by atoms with van der Waals surface area (Å²) in [7, 11) is 0. The van der Waals surface area contributed by atoms with Crippen LogP contribution in [0.5, 0.6) is 0 Å². The van der Waals surface area contributed by atoms with Crippen LogP contribution in [0, 0.1) is 6.92 Å². The van der Waals surface area contributed by atoms with Crippen molar-refractivity contribution in [2.45, 2.75) is 27.7 Å². The van der Waals surface area contributed by atoms with Crippen LogP contribution in [0.2, 0.25) is 0 Å². The second kappa shape index (κ2) is 13.6. The molecule has 25 heavy (non-hydrogen) atoms. The highest BCUT2D eigenvalue weighted by molar-refractivity contribution is 5.69. The molecule has 2 aromatic rings. The van der Waals surface area contributed by atoms with Crippen LogP contribution < -0.4 is 4.73 Å². The summed E-state index contributed by atoms with van der Waals surface area (Å²) in [4.78, 5) is 0. The van der Waals surface area contributed by atoms with Crippen LogP contribution in [-0.4, -0.2) is 5.21 Å². The average Bonchev–Trinajstić information content (AvgIpc) is 2.65. The molecule has 0 atom stereocenters. The lowest BCUT2D eigenvalue weighted by atomic mass is 10.1. The van der Waals surface area contributed by atoms with Gasteiger partial charge < -0.3 is 0 Å². The van der Waals surface area contributed by atoms with Gasteiger partial charge in [-0.05, 0) is 25.0 Å². The molecule has 2 heteroatoms.